The molecule has 0 fully saturated rings. The van der Waals surface area contributed by atoms with Crippen LogP contribution in [0.5, 0.6) is 0 Å². The van der Waals surface area contributed by atoms with E-state index < -0.39 is 24.3 Å². The highest BCUT2D eigenvalue weighted by Crippen LogP contribution is 2.17. The van der Waals surface area contributed by atoms with Gasteiger partial charge in [0.2, 0.25) is 0 Å². The third-order valence-corrected chi connectivity index (χ3v) is 14.4. The number of ether oxygens (including phenoxy) is 4. The highest BCUT2D eigenvalue weighted by Gasteiger charge is 2.22. The molecule has 0 aromatic carbocycles. The van der Waals surface area contributed by atoms with Crippen LogP contribution < -0.4 is 5.11 Å². The van der Waals surface area contributed by atoms with Crippen molar-refractivity contribution in [3.8, 4) is 0 Å². The summed E-state index contributed by atoms with van der Waals surface area (Å²) >= 11 is 0. The maximum Gasteiger partial charge on any atom is 0.306 e. The van der Waals surface area contributed by atoms with Crippen LogP contribution in [0.4, 0.5) is 0 Å². The first-order valence-corrected chi connectivity index (χ1v) is 33.1. The van der Waals surface area contributed by atoms with Gasteiger partial charge in [-0.25, -0.2) is 0 Å². The first kappa shape index (κ1) is 75.7. The van der Waals surface area contributed by atoms with Gasteiger partial charge in [0.05, 0.1) is 40.3 Å². The second-order valence-electron chi connectivity index (χ2n) is 23.4. The molecule has 0 heterocycles. The summed E-state index contributed by atoms with van der Waals surface area (Å²) in [5.41, 5.74) is 0. The van der Waals surface area contributed by atoms with Crippen molar-refractivity contribution < 1.29 is 42.9 Å². The van der Waals surface area contributed by atoms with Crippen LogP contribution >= 0.6 is 0 Å². The first-order chi connectivity index (χ1) is 38.6. The molecule has 0 bridgehead atoms. The van der Waals surface area contributed by atoms with Gasteiger partial charge >= 0.3 is 11.9 Å². The summed E-state index contributed by atoms with van der Waals surface area (Å²) in [6, 6.07) is 0. The van der Waals surface area contributed by atoms with Gasteiger partial charge in [0.25, 0.3) is 0 Å². The molecule has 0 rings (SSSR count). The van der Waals surface area contributed by atoms with Crippen molar-refractivity contribution in [3.63, 3.8) is 0 Å². The quantitative estimate of drug-likeness (QED) is 0.0195. The number of unbranched alkanes of at least 4 members (excludes halogenated alkanes) is 34. The molecule has 0 saturated carbocycles. The van der Waals surface area contributed by atoms with Crippen molar-refractivity contribution in [3.05, 3.63) is 72.9 Å². The Kier molecular flexibility index (Phi) is 58.3. The molecular formula is C70H125NO8. The van der Waals surface area contributed by atoms with Crippen molar-refractivity contribution in [1.29, 1.82) is 0 Å². The summed E-state index contributed by atoms with van der Waals surface area (Å²) in [6.45, 7) is 4.66. The zero-order valence-electron chi connectivity index (χ0n) is 52.2. The van der Waals surface area contributed by atoms with Crippen molar-refractivity contribution in [2.24, 2.45) is 0 Å². The fraction of sp³-hybridized carbons (Fsp3) is 0.786. The second-order valence-corrected chi connectivity index (χ2v) is 23.4. The number of carboxylic acid groups (broad SMARTS) is 1. The lowest BCUT2D eigenvalue weighted by Crippen LogP contribution is -2.44. The van der Waals surface area contributed by atoms with Crippen molar-refractivity contribution in [1.82, 2.24) is 0 Å². The zero-order chi connectivity index (χ0) is 57.6. The lowest BCUT2D eigenvalue weighted by Gasteiger charge is -2.26. The van der Waals surface area contributed by atoms with E-state index in [1.165, 1.54) is 193 Å². The van der Waals surface area contributed by atoms with Crippen LogP contribution in [0, 0.1) is 0 Å². The fourth-order valence-corrected chi connectivity index (χ4v) is 9.38. The average Bonchev–Trinajstić information content (AvgIpc) is 3.42. The predicted molar refractivity (Wildman–Crippen MR) is 334 cm³/mol. The molecule has 0 spiro atoms. The number of carbonyl (C=O) groups is 3. The van der Waals surface area contributed by atoms with E-state index in [0.717, 1.165) is 70.6 Å². The van der Waals surface area contributed by atoms with Gasteiger partial charge in [0, 0.05) is 12.8 Å². The van der Waals surface area contributed by atoms with Crippen LogP contribution in [0.3, 0.4) is 0 Å². The number of likely N-dealkylation sites (N-methyl/N-ethyl adjacent to an activating group) is 1. The Bertz CT molecular complexity index is 1520. The molecule has 0 radical (unpaired) electrons. The molecule has 0 amide bonds. The van der Waals surface area contributed by atoms with E-state index in [1.807, 2.05) is 21.1 Å². The molecule has 2 unspecified atom stereocenters. The first-order valence-electron chi connectivity index (χ1n) is 33.1. The zero-order valence-corrected chi connectivity index (χ0v) is 52.2. The van der Waals surface area contributed by atoms with Gasteiger partial charge < -0.3 is 33.3 Å². The van der Waals surface area contributed by atoms with E-state index in [9.17, 15) is 19.5 Å². The van der Waals surface area contributed by atoms with E-state index in [4.69, 9.17) is 18.9 Å². The number of carboxylic acids is 1. The third kappa shape index (κ3) is 62.2. The number of quaternary nitrogens is 1. The molecule has 2 atom stereocenters. The average molecular weight is 1110 g/mol. The smallest absolute Gasteiger partial charge is 0.306 e. The summed E-state index contributed by atoms with van der Waals surface area (Å²) in [5.74, 6) is -2.27. The van der Waals surface area contributed by atoms with Gasteiger partial charge in [-0.3, -0.25) is 9.59 Å². The number of aliphatic carboxylic acids is 1. The number of nitrogens with zero attached hydrogens (tertiary/aromatic N) is 1. The third-order valence-electron chi connectivity index (χ3n) is 14.4. The van der Waals surface area contributed by atoms with Crippen LogP contribution in [-0.4, -0.2) is 82.3 Å². The van der Waals surface area contributed by atoms with Crippen LogP contribution in [0.15, 0.2) is 72.9 Å². The molecule has 0 aliphatic carbocycles. The largest absolute Gasteiger partial charge is 0.545 e. The Morgan fingerprint density at radius 2 is 0.722 bits per heavy atom. The number of rotatable bonds is 61. The van der Waals surface area contributed by atoms with Crippen molar-refractivity contribution in [2.45, 2.75) is 309 Å². The Morgan fingerprint density at radius 1 is 0.392 bits per heavy atom. The van der Waals surface area contributed by atoms with Crippen LogP contribution in [0.2, 0.25) is 0 Å². The van der Waals surface area contributed by atoms with Gasteiger partial charge in [-0.05, 0) is 83.5 Å². The van der Waals surface area contributed by atoms with E-state index in [2.05, 4.69) is 86.8 Å². The highest BCUT2D eigenvalue weighted by molar-refractivity contribution is 5.70. The summed E-state index contributed by atoms with van der Waals surface area (Å²) in [5, 5.41) is 11.8. The summed E-state index contributed by atoms with van der Waals surface area (Å²) in [6.07, 6.45) is 76.8. The second kappa shape index (κ2) is 60.8. The normalized spacial score (nSPS) is 13.2. The maximum atomic E-state index is 12.9. The van der Waals surface area contributed by atoms with E-state index in [-0.39, 0.29) is 32.2 Å². The van der Waals surface area contributed by atoms with Crippen molar-refractivity contribution in [2.75, 3.05) is 47.5 Å². The lowest BCUT2D eigenvalue weighted by atomic mass is 10.0. The molecule has 9 nitrogen and oxygen atoms in total. The number of carbonyl (C=O) groups excluding carboxylic acids is 3. The van der Waals surface area contributed by atoms with Gasteiger partial charge in [-0.15, -0.1) is 0 Å². The Morgan fingerprint density at radius 3 is 1.08 bits per heavy atom. The van der Waals surface area contributed by atoms with Crippen molar-refractivity contribution >= 4 is 17.9 Å². The van der Waals surface area contributed by atoms with Gasteiger partial charge in [-0.2, -0.15) is 0 Å². The molecule has 0 saturated heterocycles. The van der Waals surface area contributed by atoms with E-state index in [1.54, 1.807) is 0 Å². The van der Waals surface area contributed by atoms with Crippen LogP contribution in [0.1, 0.15) is 296 Å². The minimum absolute atomic E-state index is 0.147. The maximum absolute atomic E-state index is 12.9. The number of hydrogen-bond donors (Lipinski definition) is 0. The molecular weight excluding hydrogens is 983 g/mol. The Hall–Kier alpha value is -3.27. The molecule has 458 valence electrons. The van der Waals surface area contributed by atoms with Gasteiger partial charge in [-0.1, -0.05) is 273 Å². The molecule has 0 aromatic heterocycles. The molecule has 0 aromatic rings. The number of hydrogen-bond acceptors (Lipinski definition) is 8. The summed E-state index contributed by atoms with van der Waals surface area (Å²) in [7, 11) is 5.93. The highest BCUT2D eigenvalue weighted by atomic mass is 16.7. The Labute approximate surface area is 487 Å². The van der Waals surface area contributed by atoms with Gasteiger partial charge in [0.15, 0.2) is 12.4 Å². The monoisotopic (exact) mass is 1110 g/mol. The Balaban J connectivity index is 4.14. The lowest BCUT2D eigenvalue weighted by molar-refractivity contribution is -0.870. The van der Waals surface area contributed by atoms with E-state index >= 15 is 0 Å². The fourth-order valence-electron chi connectivity index (χ4n) is 9.38. The minimum Gasteiger partial charge on any atom is -0.545 e. The SMILES string of the molecule is CC/C=C\C/C=C\C/C=C\C/C=C\CCCCCCCCCCCCCCCCC(=O)OC(COC(=O)CCCCCCCCCCCCCCCCC/C=C\C/C=C\CCCCCCC)COC(OCC[N+](C)(C)C)C(=O)[O-]. The summed E-state index contributed by atoms with van der Waals surface area (Å²) < 4.78 is 22.8. The molecule has 0 aliphatic rings. The minimum atomic E-state index is -1.62. The van der Waals surface area contributed by atoms with Crippen LogP contribution in [0.25, 0.3) is 0 Å². The molecule has 79 heavy (non-hydrogen) atoms. The topological polar surface area (TPSA) is 111 Å². The molecule has 0 aliphatic heterocycles. The standard InChI is InChI=1S/C70H125NO8/c1-6-8-10-12-14-16-18-20-22-24-26-28-30-32-34-36-38-40-42-44-46-48-50-52-54-56-58-60-67(72)77-64-66(65-78-70(69(74)75)76-63-62-71(3,4)5)79-68(73)61-59-57-55-53-51-49-47-45-43-41-39-37-35-33-31-29-27-25-23-21-19-17-15-13-11-9-7-2/h9,11,15,17-18,20-21,23-24,26-27,29,66,70H,6-8,10,12-14,16,19,22,25,28,30-65H2,1-5H3/b11-9-,17-15-,20-18-,23-21-,26-24-,29-27-. The summed E-state index contributed by atoms with van der Waals surface area (Å²) in [4.78, 5) is 37.4. The number of esters is 2. The predicted octanol–water partition coefficient (Wildman–Crippen LogP) is 18.8. The number of allylic oxidation sites excluding steroid dienone is 12. The molecule has 0 N–H and O–H groups in total. The van der Waals surface area contributed by atoms with E-state index in [0.29, 0.717) is 23.9 Å². The van der Waals surface area contributed by atoms with Gasteiger partial charge in [0.1, 0.15) is 13.2 Å². The van der Waals surface area contributed by atoms with Crippen LogP contribution in [-0.2, 0) is 33.3 Å². The molecule has 9 heteroatoms.